The molecule has 0 saturated carbocycles. The molecule has 0 spiro atoms. The summed E-state index contributed by atoms with van der Waals surface area (Å²) in [5.41, 5.74) is 3.54. The average Bonchev–Trinajstić information content (AvgIpc) is 3.65. The number of hydrogen-bond donors (Lipinski definition) is 4. The van der Waals surface area contributed by atoms with E-state index in [0.717, 1.165) is 42.7 Å². The summed E-state index contributed by atoms with van der Waals surface area (Å²) in [7, 11) is 1.97. The second-order valence-electron chi connectivity index (χ2n) is 10.7. The molecule has 0 bridgehead atoms. The van der Waals surface area contributed by atoms with Gasteiger partial charge in [0, 0.05) is 30.5 Å². The quantitative estimate of drug-likeness (QED) is 0.183. The first-order valence-corrected chi connectivity index (χ1v) is 14.6. The first-order chi connectivity index (χ1) is 20.4. The van der Waals surface area contributed by atoms with Crippen LogP contribution in [-0.4, -0.2) is 71.7 Å². The fourth-order valence-corrected chi connectivity index (χ4v) is 5.75. The Balaban J connectivity index is 1.20. The molecule has 5 heterocycles. The minimum absolute atomic E-state index is 0.0252. The minimum Gasteiger partial charge on any atom is -0.340 e. The van der Waals surface area contributed by atoms with E-state index in [0.29, 0.717) is 27.8 Å². The van der Waals surface area contributed by atoms with Gasteiger partial charge in [-0.15, -0.1) is 12.6 Å². The van der Waals surface area contributed by atoms with Crippen molar-refractivity contribution in [3.05, 3.63) is 71.2 Å². The molecule has 1 aliphatic heterocycles. The highest BCUT2D eigenvalue weighted by molar-refractivity contribution is 7.84. The summed E-state index contributed by atoms with van der Waals surface area (Å²) < 4.78 is 31.4. The third-order valence-electron chi connectivity index (χ3n) is 7.58. The van der Waals surface area contributed by atoms with E-state index in [-0.39, 0.29) is 18.1 Å². The number of benzene rings is 1. The third kappa shape index (κ3) is 6.03. The van der Waals surface area contributed by atoms with Crippen molar-refractivity contribution >= 4 is 35.1 Å². The number of halogens is 2. The van der Waals surface area contributed by atoms with E-state index in [2.05, 4.69) is 41.7 Å². The summed E-state index contributed by atoms with van der Waals surface area (Å²) in [5, 5.41) is 11.9. The van der Waals surface area contributed by atoms with Crippen LogP contribution in [0.3, 0.4) is 0 Å². The highest BCUT2D eigenvalue weighted by Crippen LogP contribution is 2.26. The minimum atomic E-state index is -0.964. The molecule has 5 aromatic rings. The van der Waals surface area contributed by atoms with E-state index in [1.165, 1.54) is 31.7 Å². The number of hydrogen-bond acceptors (Lipinski definition) is 8. The number of aryl methyl sites for hydroxylation is 1. The van der Waals surface area contributed by atoms with Crippen LogP contribution in [0.15, 0.2) is 48.0 Å². The molecule has 42 heavy (non-hydrogen) atoms. The second kappa shape index (κ2) is 12.2. The monoisotopic (exact) mass is 592 g/mol. The summed E-state index contributed by atoms with van der Waals surface area (Å²) in [6, 6.07) is 2.70. The Kier molecular flexibility index (Phi) is 8.22. The number of imidazole rings is 2. The van der Waals surface area contributed by atoms with Gasteiger partial charge >= 0.3 is 0 Å². The van der Waals surface area contributed by atoms with Gasteiger partial charge in [0.25, 0.3) is 0 Å². The van der Waals surface area contributed by atoms with Gasteiger partial charge in [0.2, 0.25) is 0 Å². The molecule has 6 rings (SSSR count). The van der Waals surface area contributed by atoms with Crippen LogP contribution in [0, 0.1) is 18.6 Å². The molecule has 0 radical (unpaired) electrons. The molecule has 0 amide bonds. The molecule has 10 nitrogen and oxygen atoms in total. The van der Waals surface area contributed by atoms with Crippen LogP contribution in [0.2, 0.25) is 0 Å². The third-order valence-corrected chi connectivity index (χ3v) is 7.84. The van der Waals surface area contributed by atoms with Gasteiger partial charge in [-0.3, -0.25) is 9.08 Å². The predicted molar refractivity (Wildman–Crippen MR) is 163 cm³/mol. The highest BCUT2D eigenvalue weighted by Gasteiger charge is 2.17. The number of nitrogens with zero attached hydrogens (tertiary/aromatic N) is 7. The Morgan fingerprint density at radius 1 is 1.12 bits per heavy atom. The van der Waals surface area contributed by atoms with Gasteiger partial charge in [-0.25, -0.2) is 23.7 Å². The zero-order chi connectivity index (χ0) is 29.2. The van der Waals surface area contributed by atoms with Crippen molar-refractivity contribution in [2.45, 2.75) is 45.2 Å². The number of nitrogens with one attached hydrogen (secondary N) is 3. The Morgan fingerprint density at radius 3 is 2.71 bits per heavy atom. The number of aromatic amines is 1. The number of aromatic nitrogens is 7. The Hall–Kier alpha value is -3.81. The van der Waals surface area contributed by atoms with Gasteiger partial charge in [-0.05, 0) is 58.1 Å². The maximum atomic E-state index is 14.1. The zero-order valence-electron chi connectivity index (χ0n) is 23.6. The topological polar surface area (TPSA) is 104 Å². The molecule has 0 aliphatic carbocycles. The lowest BCUT2D eigenvalue weighted by molar-refractivity contribution is 0.269. The number of rotatable bonds is 9. The molecule has 13 heteroatoms. The lowest BCUT2D eigenvalue weighted by Gasteiger charge is -2.24. The molecule has 1 aromatic carbocycles. The summed E-state index contributed by atoms with van der Waals surface area (Å²) in [6.07, 6.45) is 14.5. The van der Waals surface area contributed by atoms with E-state index >= 15 is 0 Å². The smallest absolute Gasteiger partial charge is 0.186 e. The van der Waals surface area contributed by atoms with Crippen LogP contribution in [0.5, 0.6) is 0 Å². The average molecular weight is 593 g/mol. The number of anilines is 1. The molecular formula is C29H34F2N10S. The predicted octanol–water partition coefficient (Wildman–Crippen LogP) is 4.75. The standard InChI is InChI=1S/C29H34F2N10S/c1-18-14-41-23(19-12-34-40(15-19)17-24-36-22-8-7-21(30)26(31)27(22)37-24)13-33-29(41)28(35-18)38-25(42)11-20(32-2)16-39-9-5-3-4-6-10-39/h7-8,11-15,20,32,42H,3-6,9-10,16-17H2,1-2H3,(H,35,38)(H,36,37)/b25-11-. The maximum absolute atomic E-state index is 14.1. The van der Waals surface area contributed by atoms with Crippen LogP contribution >= 0.6 is 12.6 Å². The SMILES string of the molecule is CNC(/C=C(\S)Nc1nc(C)cn2c(-c3cnn(Cc4nc5c(F)c(F)ccc5[nH]4)c3)cnc12)CN1CCCCCC1. The van der Waals surface area contributed by atoms with Crippen LogP contribution < -0.4 is 10.6 Å². The van der Waals surface area contributed by atoms with Crippen molar-refractivity contribution < 1.29 is 8.78 Å². The normalized spacial score (nSPS) is 15.9. The number of thiol groups is 1. The van der Waals surface area contributed by atoms with E-state index in [1.807, 2.05) is 30.8 Å². The number of H-pyrrole nitrogens is 1. The van der Waals surface area contributed by atoms with Gasteiger partial charge in [-0.2, -0.15) is 5.10 Å². The van der Waals surface area contributed by atoms with E-state index in [9.17, 15) is 8.78 Å². The molecule has 1 unspecified atom stereocenters. The molecule has 1 saturated heterocycles. The van der Waals surface area contributed by atoms with E-state index < -0.39 is 11.6 Å². The van der Waals surface area contributed by atoms with Crippen molar-refractivity contribution in [1.29, 1.82) is 0 Å². The van der Waals surface area contributed by atoms with Crippen LogP contribution in [0.4, 0.5) is 14.6 Å². The fraction of sp³-hybridized carbons (Fsp3) is 0.379. The maximum Gasteiger partial charge on any atom is 0.186 e. The summed E-state index contributed by atoms with van der Waals surface area (Å²) >= 11 is 4.74. The second-order valence-corrected chi connectivity index (χ2v) is 11.2. The van der Waals surface area contributed by atoms with Crippen molar-refractivity contribution in [1.82, 2.24) is 44.3 Å². The Morgan fingerprint density at radius 2 is 1.93 bits per heavy atom. The zero-order valence-corrected chi connectivity index (χ0v) is 24.5. The summed E-state index contributed by atoms with van der Waals surface area (Å²) in [6.45, 7) is 5.38. The number of likely N-dealkylation sites (N-methyl/N-ethyl adjacent to an activating group) is 1. The van der Waals surface area contributed by atoms with Crippen molar-refractivity contribution in [2.75, 3.05) is 32.0 Å². The van der Waals surface area contributed by atoms with Crippen LogP contribution in [0.25, 0.3) is 27.9 Å². The van der Waals surface area contributed by atoms with Crippen LogP contribution in [0.1, 0.15) is 37.2 Å². The first-order valence-electron chi connectivity index (χ1n) is 14.2. The number of likely N-dealkylation sites (tertiary alicyclic amines) is 1. The molecule has 3 N–H and O–H groups in total. The van der Waals surface area contributed by atoms with E-state index in [4.69, 9.17) is 17.6 Å². The van der Waals surface area contributed by atoms with Gasteiger partial charge in [-0.1, -0.05) is 12.8 Å². The van der Waals surface area contributed by atoms with Gasteiger partial charge in [0.05, 0.1) is 40.9 Å². The van der Waals surface area contributed by atoms with Gasteiger partial charge < -0.3 is 20.5 Å². The van der Waals surface area contributed by atoms with Crippen LogP contribution in [-0.2, 0) is 6.54 Å². The molecule has 1 aliphatic rings. The lowest BCUT2D eigenvalue weighted by Crippen LogP contribution is -2.39. The largest absolute Gasteiger partial charge is 0.340 e. The Bertz CT molecular complexity index is 1730. The number of fused-ring (bicyclic) bond motifs is 2. The highest BCUT2D eigenvalue weighted by atomic mass is 32.1. The molecule has 1 fully saturated rings. The van der Waals surface area contributed by atoms with Crippen molar-refractivity contribution in [2.24, 2.45) is 0 Å². The molecule has 1 atom stereocenters. The molecule has 4 aromatic heterocycles. The van der Waals surface area contributed by atoms with Crippen molar-refractivity contribution in [3.8, 4) is 11.3 Å². The fourth-order valence-electron chi connectivity index (χ4n) is 5.46. The molecule has 220 valence electrons. The first kappa shape index (κ1) is 28.3. The van der Waals surface area contributed by atoms with E-state index in [1.54, 1.807) is 17.1 Å². The van der Waals surface area contributed by atoms with Crippen molar-refractivity contribution in [3.63, 3.8) is 0 Å². The summed E-state index contributed by atoms with van der Waals surface area (Å²) in [5.74, 6) is -0.814. The molecular weight excluding hydrogens is 558 g/mol. The van der Waals surface area contributed by atoms with Gasteiger partial charge in [0.1, 0.15) is 11.3 Å². The Labute approximate surface area is 247 Å². The summed E-state index contributed by atoms with van der Waals surface area (Å²) in [4.78, 5) is 19.1. The lowest BCUT2D eigenvalue weighted by atomic mass is 10.2. The van der Waals surface area contributed by atoms with Gasteiger partial charge in [0.15, 0.2) is 23.1 Å².